The van der Waals surface area contributed by atoms with E-state index in [9.17, 15) is 12.8 Å². The number of hydrogen-bond acceptors (Lipinski definition) is 4. The Kier molecular flexibility index (Phi) is 9.15. The van der Waals surface area contributed by atoms with Crippen molar-refractivity contribution in [2.24, 2.45) is 4.99 Å². The maximum absolute atomic E-state index is 13.5. The van der Waals surface area contributed by atoms with Gasteiger partial charge in [-0.05, 0) is 37.1 Å². The second kappa shape index (κ2) is 11.1. The molecule has 0 atom stereocenters. The number of aromatic nitrogens is 1. The molecule has 2 heterocycles. The molecule has 29 heavy (non-hydrogen) atoms. The van der Waals surface area contributed by atoms with Crippen molar-refractivity contribution >= 4 is 50.7 Å². The van der Waals surface area contributed by atoms with Crippen molar-refractivity contribution in [2.75, 3.05) is 50.8 Å². The van der Waals surface area contributed by atoms with Crippen LogP contribution in [-0.4, -0.2) is 75.0 Å². The van der Waals surface area contributed by atoms with Crippen molar-refractivity contribution in [3.05, 3.63) is 35.8 Å². The van der Waals surface area contributed by atoms with Crippen LogP contribution in [0.2, 0.25) is 0 Å². The van der Waals surface area contributed by atoms with Gasteiger partial charge in [0.05, 0.1) is 18.1 Å². The summed E-state index contributed by atoms with van der Waals surface area (Å²) in [6.07, 6.45) is 2.66. The molecule has 1 aromatic heterocycles. The number of halogens is 2. The Hall–Kier alpha value is -1.40. The molecule has 3 rings (SSSR count). The molecule has 1 aliphatic rings. The van der Waals surface area contributed by atoms with E-state index in [1.807, 2.05) is 13.1 Å². The van der Waals surface area contributed by atoms with E-state index in [-0.39, 0.29) is 41.3 Å². The van der Waals surface area contributed by atoms with Gasteiger partial charge >= 0.3 is 0 Å². The molecule has 10 heteroatoms. The topological polar surface area (TPSA) is 89.6 Å². The standard InChI is InChI=1S/C19H28FN5O2S.HI/c1-2-21-19(23-7-8-25-9-11-28(26,27)12-10-25)22-6-5-15-14-24-18-4-3-16(20)13-17(15)18;/h3-4,13-14,24H,2,5-12H2,1H3,(H2,21,22,23);1H. The number of rotatable bonds is 7. The molecule has 1 aromatic carbocycles. The van der Waals surface area contributed by atoms with Gasteiger partial charge in [0.2, 0.25) is 0 Å². The molecule has 1 aliphatic heterocycles. The van der Waals surface area contributed by atoms with Gasteiger partial charge in [-0.2, -0.15) is 0 Å². The number of aromatic amines is 1. The molecule has 0 spiro atoms. The Morgan fingerprint density at radius 1 is 1.28 bits per heavy atom. The van der Waals surface area contributed by atoms with E-state index in [2.05, 4.69) is 25.5 Å². The lowest BCUT2D eigenvalue weighted by atomic mass is 10.1. The van der Waals surface area contributed by atoms with Gasteiger partial charge < -0.3 is 15.6 Å². The molecule has 1 fully saturated rings. The van der Waals surface area contributed by atoms with E-state index in [1.54, 1.807) is 12.1 Å². The van der Waals surface area contributed by atoms with Gasteiger partial charge in [0, 0.05) is 49.8 Å². The first kappa shape index (κ1) is 23.9. The van der Waals surface area contributed by atoms with Crippen LogP contribution in [0.1, 0.15) is 12.5 Å². The summed E-state index contributed by atoms with van der Waals surface area (Å²) in [4.78, 5) is 9.87. The molecule has 1 saturated heterocycles. The third-order valence-electron chi connectivity index (χ3n) is 4.88. The monoisotopic (exact) mass is 537 g/mol. The average Bonchev–Trinajstić information content (AvgIpc) is 3.05. The number of nitrogens with one attached hydrogen (secondary N) is 3. The fraction of sp³-hybridized carbons (Fsp3) is 0.526. The van der Waals surface area contributed by atoms with Crippen molar-refractivity contribution in [1.82, 2.24) is 20.5 Å². The zero-order valence-electron chi connectivity index (χ0n) is 16.6. The molecule has 0 unspecified atom stereocenters. The lowest BCUT2D eigenvalue weighted by Crippen LogP contribution is -2.42. The van der Waals surface area contributed by atoms with E-state index < -0.39 is 9.84 Å². The predicted octanol–water partition coefficient (Wildman–Crippen LogP) is 1.75. The molecule has 0 saturated carbocycles. The molecular weight excluding hydrogens is 508 g/mol. The van der Waals surface area contributed by atoms with Crippen LogP contribution in [0.25, 0.3) is 10.9 Å². The van der Waals surface area contributed by atoms with Crippen LogP contribution in [0.15, 0.2) is 29.4 Å². The van der Waals surface area contributed by atoms with Gasteiger partial charge in [-0.3, -0.25) is 9.89 Å². The highest BCUT2D eigenvalue weighted by Crippen LogP contribution is 2.19. The lowest BCUT2D eigenvalue weighted by Gasteiger charge is -2.25. The number of guanidine groups is 1. The summed E-state index contributed by atoms with van der Waals surface area (Å²) in [6.45, 7) is 5.96. The van der Waals surface area contributed by atoms with Crippen LogP contribution >= 0.6 is 24.0 Å². The number of aliphatic imine (C=N–C) groups is 1. The summed E-state index contributed by atoms with van der Waals surface area (Å²) in [6, 6.07) is 4.76. The van der Waals surface area contributed by atoms with Crippen LogP contribution < -0.4 is 10.6 Å². The highest BCUT2D eigenvalue weighted by Gasteiger charge is 2.20. The van der Waals surface area contributed by atoms with E-state index in [0.717, 1.165) is 41.9 Å². The van der Waals surface area contributed by atoms with Crippen molar-refractivity contribution in [3.8, 4) is 0 Å². The van der Waals surface area contributed by atoms with Crippen LogP contribution in [0, 0.1) is 5.82 Å². The number of benzene rings is 1. The molecule has 162 valence electrons. The fourth-order valence-electron chi connectivity index (χ4n) is 3.29. The Bertz CT molecular complexity index is 918. The van der Waals surface area contributed by atoms with Crippen molar-refractivity contribution in [2.45, 2.75) is 13.3 Å². The van der Waals surface area contributed by atoms with Gasteiger partial charge in [0.25, 0.3) is 0 Å². The third kappa shape index (κ3) is 7.10. The predicted molar refractivity (Wildman–Crippen MR) is 126 cm³/mol. The summed E-state index contributed by atoms with van der Waals surface area (Å²) >= 11 is 0. The Morgan fingerprint density at radius 2 is 2.03 bits per heavy atom. The number of nitrogens with zero attached hydrogens (tertiary/aromatic N) is 2. The summed E-state index contributed by atoms with van der Waals surface area (Å²) in [5.74, 6) is 0.973. The van der Waals surface area contributed by atoms with Gasteiger partial charge in [0.15, 0.2) is 15.8 Å². The Labute approximate surface area is 188 Å². The minimum Gasteiger partial charge on any atom is -0.361 e. The molecule has 7 nitrogen and oxygen atoms in total. The first-order chi connectivity index (χ1) is 13.5. The summed E-state index contributed by atoms with van der Waals surface area (Å²) in [5, 5.41) is 7.43. The zero-order chi connectivity index (χ0) is 20.0. The van der Waals surface area contributed by atoms with Crippen molar-refractivity contribution in [1.29, 1.82) is 0 Å². The number of H-pyrrole nitrogens is 1. The number of hydrogen-bond donors (Lipinski definition) is 3. The molecular formula is C19H29FIN5O2S. The largest absolute Gasteiger partial charge is 0.361 e. The van der Waals surface area contributed by atoms with E-state index >= 15 is 0 Å². The molecule has 3 N–H and O–H groups in total. The maximum atomic E-state index is 13.5. The van der Waals surface area contributed by atoms with Gasteiger partial charge in [-0.1, -0.05) is 0 Å². The first-order valence-electron chi connectivity index (χ1n) is 9.67. The van der Waals surface area contributed by atoms with E-state index in [1.165, 1.54) is 6.07 Å². The van der Waals surface area contributed by atoms with Gasteiger partial charge in [-0.15, -0.1) is 24.0 Å². The SMILES string of the molecule is CCNC(=NCCN1CCS(=O)(=O)CC1)NCCc1c[nH]c2ccc(F)cc12.I. The van der Waals surface area contributed by atoms with Crippen LogP contribution in [0.5, 0.6) is 0 Å². The normalized spacial score (nSPS) is 17.1. The van der Waals surface area contributed by atoms with Crippen LogP contribution in [-0.2, 0) is 16.3 Å². The Morgan fingerprint density at radius 3 is 2.76 bits per heavy atom. The lowest BCUT2D eigenvalue weighted by molar-refractivity contribution is 0.304. The van der Waals surface area contributed by atoms with Crippen molar-refractivity contribution < 1.29 is 12.8 Å². The van der Waals surface area contributed by atoms with Gasteiger partial charge in [-0.25, -0.2) is 12.8 Å². The zero-order valence-corrected chi connectivity index (χ0v) is 19.7. The second-order valence-electron chi connectivity index (χ2n) is 6.93. The number of fused-ring (bicyclic) bond motifs is 1. The average molecular weight is 537 g/mol. The van der Waals surface area contributed by atoms with Crippen molar-refractivity contribution in [3.63, 3.8) is 0 Å². The highest BCUT2D eigenvalue weighted by atomic mass is 127. The first-order valence-corrected chi connectivity index (χ1v) is 11.5. The molecule has 2 aromatic rings. The Balaban J connectivity index is 0.00000300. The molecule has 0 amide bonds. The summed E-state index contributed by atoms with van der Waals surface area (Å²) in [7, 11) is -2.85. The quantitative estimate of drug-likeness (QED) is 0.285. The smallest absolute Gasteiger partial charge is 0.191 e. The minimum atomic E-state index is -2.85. The molecule has 0 radical (unpaired) electrons. The van der Waals surface area contributed by atoms with Crippen LogP contribution in [0.4, 0.5) is 4.39 Å². The minimum absolute atomic E-state index is 0. The summed E-state index contributed by atoms with van der Waals surface area (Å²) < 4.78 is 36.4. The van der Waals surface area contributed by atoms with Gasteiger partial charge in [0.1, 0.15) is 5.82 Å². The van der Waals surface area contributed by atoms with E-state index in [4.69, 9.17) is 0 Å². The molecule has 0 bridgehead atoms. The third-order valence-corrected chi connectivity index (χ3v) is 6.49. The second-order valence-corrected chi connectivity index (χ2v) is 9.24. The molecule has 0 aliphatic carbocycles. The maximum Gasteiger partial charge on any atom is 0.191 e. The van der Waals surface area contributed by atoms with E-state index in [0.29, 0.717) is 26.2 Å². The summed E-state index contributed by atoms with van der Waals surface area (Å²) in [5.41, 5.74) is 1.99. The highest BCUT2D eigenvalue weighted by molar-refractivity contribution is 14.0. The van der Waals surface area contributed by atoms with Crippen LogP contribution in [0.3, 0.4) is 0 Å². The number of sulfone groups is 1. The fourth-order valence-corrected chi connectivity index (χ4v) is 4.57.